The smallest absolute Gasteiger partial charge is 0.313 e. The van der Waals surface area contributed by atoms with Crippen LogP contribution in [0.4, 0.5) is 0 Å². The fourth-order valence-corrected chi connectivity index (χ4v) is 4.02. The van der Waals surface area contributed by atoms with Gasteiger partial charge < -0.3 is 9.84 Å². The second-order valence-corrected chi connectivity index (χ2v) is 6.26. The number of Topliss-reactive ketones (excluding diaryl/α,β-unsaturated/α-hetero) is 1. The first-order valence-corrected chi connectivity index (χ1v) is 7.61. The third-order valence-corrected chi connectivity index (χ3v) is 5.28. The highest BCUT2D eigenvalue weighted by Crippen LogP contribution is 2.48. The van der Waals surface area contributed by atoms with Crippen LogP contribution in [-0.2, 0) is 9.53 Å². The summed E-state index contributed by atoms with van der Waals surface area (Å²) in [6, 6.07) is 9.09. The fourth-order valence-electron chi connectivity index (χ4n) is 4.02. The molecule has 2 aliphatic heterocycles. The number of hydrogen-bond acceptors (Lipinski definition) is 5. The molecule has 1 aromatic rings. The molecule has 1 N–H and O–H groups in total. The summed E-state index contributed by atoms with van der Waals surface area (Å²) in [7, 11) is 3.12. The molecule has 2 saturated heterocycles. The van der Waals surface area contributed by atoms with Gasteiger partial charge in [-0.05, 0) is 26.3 Å². The lowest BCUT2D eigenvalue weighted by Gasteiger charge is -2.46. The maximum Gasteiger partial charge on any atom is 0.313 e. The minimum Gasteiger partial charge on any atom is -0.469 e. The van der Waals surface area contributed by atoms with Crippen molar-refractivity contribution in [3.8, 4) is 0 Å². The lowest BCUT2D eigenvalue weighted by atomic mass is 9.74. The van der Waals surface area contributed by atoms with E-state index in [1.807, 2.05) is 18.0 Å². The summed E-state index contributed by atoms with van der Waals surface area (Å²) in [6.45, 7) is 0. The van der Waals surface area contributed by atoms with Crippen molar-refractivity contribution in [2.45, 2.75) is 31.0 Å². The molecule has 2 bridgehead atoms. The Morgan fingerprint density at radius 1 is 1.32 bits per heavy atom. The fraction of sp³-hybridized carbons (Fsp3) is 0.529. The number of ketones is 1. The second kappa shape index (κ2) is 5.48. The minimum atomic E-state index is -1.29. The van der Waals surface area contributed by atoms with E-state index >= 15 is 0 Å². The van der Waals surface area contributed by atoms with E-state index in [0.29, 0.717) is 18.4 Å². The van der Waals surface area contributed by atoms with Gasteiger partial charge in [-0.25, -0.2) is 0 Å². The summed E-state index contributed by atoms with van der Waals surface area (Å²) in [6.07, 6.45) is 1.86. The van der Waals surface area contributed by atoms with Gasteiger partial charge in [-0.15, -0.1) is 0 Å². The summed E-state index contributed by atoms with van der Waals surface area (Å²) >= 11 is 0. The first kappa shape index (κ1) is 15.2. The van der Waals surface area contributed by atoms with Gasteiger partial charge in [0.25, 0.3) is 0 Å². The molecule has 118 valence electrons. The van der Waals surface area contributed by atoms with Crippen LogP contribution in [0, 0.1) is 11.8 Å². The van der Waals surface area contributed by atoms with Gasteiger partial charge in [0.15, 0.2) is 5.78 Å². The van der Waals surface area contributed by atoms with Crippen LogP contribution in [0.3, 0.4) is 0 Å². The van der Waals surface area contributed by atoms with E-state index in [1.54, 1.807) is 24.3 Å². The lowest BCUT2D eigenvalue weighted by Crippen LogP contribution is -2.60. The van der Waals surface area contributed by atoms with Crippen molar-refractivity contribution in [1.82, 2.24) is 4.90 Å². The third kappa shape index (κ3) is 2.16. The normalized spacial score (nSPS) is 34.4. The Labute approximate surface area is 129 Å². The molecule has 0 amide bonds. The van der Waals surface area contributed by atoms with Crippen LogP contribution in [0.5, 0.6) is 0 Å². The van der Waals surface area contributed by atoms with Crippen LogP contribution in [0.2, 0.25) is 0 Å². The number of esters is 1. The molecular formula is C17H21NO4. The number of hydrogen-bond donors (Lipinski definition) is 1. The zero-order chi connectivity index (χ0) is 15.9. The van der Waals surface area contributed by atoms with Crippen molar-refractivity contribution < 1.29 is 19.4 Å². The Morgan fingerprint density at radius 3 is 2.64 bits per heavy atom. The van der Waals surface area contributed by atoms with Gasteiger partial charge in [-0.2, -0.15) is 0 Å². The van der Waals surface area contributed by atoms with Crippen LogP contribution >= 0.6 is 0 Å². The number of piperidine rings is 1. The number of ether oxygens (including phenoxy) is 1. The highest BCUT2D eigenvalue weighted by molar-refractivity contribution is 6.00. The second-order valence-electron chi connectivity index (χ2n) is 6.26. The van der Waals surface area contributed by atoms with Gasteiger partial charge in [0.2, 0.25) is 0 Å². The van der Waals surface area contributed by atoms with Crippen molar-refractivity contribution in [1.29, 1.82) is 0 Å². The Hall–Kier alpha value is -1.72. The molecule has 0 aromatic heterocycles. The predicted octanol–water partition coefficient (Wildman–Crippen LogP) is 1.46. The average molecular weight is 303 g/mol. The summed E-state index contributed by atoms with van der Waals surface area (Å²) in [5.41, 5.74) is -0.709. The van der Waals surface area contributed by atoms with Gasteiger partial charge >= 0.3 is 5.97 Å². The van der Waals surface area contributed by atoms with E-state index in [4.69, 9.17) is 4.74 Å². The molecule has 0 spiro atoms. The molecule has 5 nitrogen and oxygen atoms in total. The first-order chi connectivity index (χ1) is 10.5. The Balaban J connectivity index is 1.99. The number of carbonyl (C=O) groups excluding carboxylic acids is 2. The van der Waals surface area contributed by atoms with Crippen molar-refractivity contribution >= 4 is 11.8 Å². The quantitative estimate of drug-likeness (QED) is 0.676. The number of aliphatic hydroxyl groups is 1. The summed E-state index contributed by atoms with van der Waals surface area (Å²) in [5.74, 6) is -1.98. The standard InChI is InChI=1S/C17H21NO4/c1-18-12-8-9-17(18,21)14(16(20)22-2)13(10-12)15(19)11-6-4-3-5-7-11/h3-7,12-14,21H,8-10H2,1-2H3. The number of carbonyl (C=O) groups is 2. The molecule has 1 aromatic carbocycles. The molecule has 22 heavy (non-hydrogen) atoms. The van der Waals surface area contributed by atoms with Gasteiger partial charge in [-0.1, -0.05) is 30.3 Å². The van der Waals surface area contributed by atoms with Gasteiger partial charge in [0.1, 0.15) is 11.6 Å². The van der Waals surface area contributed by atoms with Crippen molar-refractivity contribution in [2.24, 2.45) is 11.8 Å². The zero-order valence-corrected chi connectivity index (χ0v) is 12.9. The van der Waals surface area contributed by atoms with E-state index in [0.717, 1.165) is 6.42 Å². The summed E-state index contributed by atoms with van der Waals surface area (Å²) in [4.78, 5) is 27.0. The highest BCUT2D eigenvalue weighted by atomic mass is 16.5. The summed E-state index contributed by atoms with van der Waals surface area (Å²) < 4.78 is 4.89. The maximum atomic E-state index is 12.9. The molecule has 2 heterocycles. The molecule has 0 aliphatic carbocycles. The Bertz CT molecular complexity index is 588. The number of benzene rings is 1. The average Bonchev–Trinajstić information content (AvgIpc) is 2.73. The number of nitrogens with zero attached hydrogens (tertiary/aromatic N) is 1. The molecular weight excluding hydrogens is 282 g/mol. The van der Waals surface area contributed by atoms with E-state index in [2.05, 4.69) is 0 Å². The molecule has 4 unspecified atom stereocenters. The summed E-state index contributed by atoms with van der Waals surface area (Å²) in [5, 5.41) is 11.0. The molecule has 3 rings (SSSR count). The van der Waals surface area contributed by atoms with E-state index < -0.39 is 23.5 Å². The maximum absolute atomic E-state index is 12.9. The largest absolute Gasteiger partial charge is 0.469 e. The zero-order valence-electron chi connectivity index (χ0n) is 12.9. The number of rotatable bonds is 3. The van der Waals surface area contributed by atoms with Gasteiger partial charge in [0, 0.05) is 17.5 Å². The molecule has 0 radical (unpaired) electrons. The van der Waals surface area contributed by atoms with Crippen LogP contribution in [0.25, 0.3) is 0 Å². The van der Waals surface area contributed by atoms with Crippen molar-refractivity contribution in [3.05, 3.63) is 35.9 Å². The molecule has 0 saturated carbocycles. The first-order valence-electron chi connectivity index (χ1n) is 7.61. The molecule has 2 fully saturated rings. The van der Waals surface area contributed by atoms with E-state index in [9.17, 15) is 14.7 Å². The van der Waals surface area contributed by atoms with Crippen LogP contribution in [-0.4, -0.2) is 47.7 Å². The van der Waals surface area contributed by atoms with Crippen LogP contribution in [0.15, 0.2) is 30.3 Å². The van der Waals surface area contributed by atoms with Crippen molar-refractivity contribution in [3.63, 3.8) is 0 Å². The number of methoxy groups -OCH3 is 1. The predicted molar refractivity (Wildman–Crippen MR) is 80.1 cm³/mol. The van der Waals surface area contributed by atoms with Gasteiger partial charge in [0.05, 0.1) is 7.11 Å². The van der Waals surface area contributed by atoms with Crippen molar-refractivity contribution in [2.75, 3.05) is 14.2 Å². The number of fused-ring (bicyclic) bond motifs is 2. The Kier molecular flexibility index (Phi) is 3.78. The lowest BCUT2D eigenvalue weighted by molar-refractivity contribution is -0.188. The van der Waals surface area contributed by atoms with Gasteiger partial charge in [-0.3, -0.25) is 14.5 Å². The van der Waals surface area contributed by atoms with Crippen LogP contribution < -0.4 is 0 Å². The molecule has 4 atom stereocenters. The van der Waals surface area contributed by atoms with E-state index in [1.165, 1.54) is 7.11 Å². The van der Waals surface area contributed by atoms with E-state index in [-0.39, 0.29) is 11.8 Å². The molecule has 2 aliphatic rings. The molecule has 5 heteroatoms. The topological polar surface area (TPSA) is 66.8 Å². The third-order valence-electron chi connectivity index (χ3n) is 5.28. The SMILES string of the molecule is COC(=O)C1C(C(=O)c2ccccc2)CC2CCC1(O)N2C. The minimum absolute atomic E-state index is 0.0885. The monoisotopic (exact) mass is 303 g/mol. The Morgan fingerprint density at radius 2 is 2.00 bits per heavy atom. The van der Waals surface area contributed by atoms with Crippen LogP contribution in [0.1, 0.15) is 29.6 Å². The highest BCUT2D eigenvalue weighted by Gasteiger charge is 2.60.